The lowest BCUT2D eigenvalue weighted by Crippen LogP contribution is -2.23. The molecule has 0 atom stereocenters. The molecular formula is C20H19N3OS. The Labute approximate surface area is 152 Å². The third-order valence-electron chi connectivity index (χ3n) is 3.82. The molecule has 0 aromatic heterocycles. The molecule has 0 amide bonds. The fourth-order valence-corrected chi connectivity index (χ4v) is 2.71. The fraction of sp³-hybridized carbons (Fsp3) is 0.100. The van der Waals surface area contributed by atoms with Gasteiger partial charge >= 0.3 is 0 Å². The van der Waals surface area contributed by atoms with Crippen LogP contribution in [0.4, 0.5) is 5.69 Å². The number of fused-ring (bicyclic) bond motifs is 1. The largest absolute Gasteiger partial charge is 0.496 e. The van der Waals surface area contributed by atoms with Gasteiger partial charge in [-0.1, -0.05) is 48.0 Å². The summed E-state index contributed by atoms with van der Waals surface area (Å²) in [6.07, 6.45) is 1.73. The number of nitrogens with zero attached hydrogens (tertiary/aromatic N) is 1. The van der Waals surface area contributed by atoms with Crippen LogP contribution in [-0.2, 0) is 0 Å². The van der Waals surface area contributed by atoms with Crippen LogP contribution in [0.2, 0.25) is 0 Å². The maximum absolute atomic E-state index is 5.45. The van der Waals surface area contributed by atoms with Crippen LogP contribution in [0, 0.1) is 6.92 Å². The number of methoxy groups -OCH3 is 1. The Kier molecular flexibility index (Phi) is 5.26. The van der Waals surface area contributed by atoms with Crippen molar-refractivity contribution in [1.29, 1.82) is 0 Å². The second kappa shape index (κ2) is 7.77. The Morgan fingerprint density at radius 3 is 2.56 bits per heavy atom. The summed E-state index contributed by atoms with van der Waals surface area (Å²) in [5, 5.41) is 9.99. The summed E-state index contributed by atoms with van der Waals surface area (Å²) < 4.78 is 5.45. The number of hydrogen-bond acceptors (Lipinski definition) is 3. The number of ether oxygens (including phenoxy) is 1. The number of aryl methyl sites for hydroxylation is 1. The number of benzene rings is 3. The molecule has 5 heteroatoms. The normalized spacial score (nSPS) is 10.8. The standard InChI is InChI=1S/C20H19N3OS/c1-14-7-10-16(11-8-14)22-20(25)23-21-13-18-17-6-4-3-5-15(17)9-12-19(18)24-2/h3-13H,1-2H3,(H2,22,23,25)/b21-13+. The molecule has 3 aromatic carbocycles. The average molecular weight is 349 g/mol. The quantitative estimate of drug-likeness (QED) is 0.414. The predicted octanol–water partition coefficient (Wildman–Crippen LogP) is 4.48. The molecule has 0 spiro atoms. The molecule has 126 valence electrons. The van der Waals surface area contributed by atoms with Gasteiger partial charge in [0, 0.05) is 11.3 Å². The van der Waals surface area contributed by atoms with Gasteiger partial charge in [0.15, 0.2) is 5.11 Å². The number of hydrogen-bond donors (Lipinski definition) is 2. The van der Waals surface area contributed by atoms with Gasteiger partial charge in [-0.15, -0.1) is 0 Å². The van der Waals surface area contributed by atoms with Crippen molar-refractivity contribution in [2.75, 3.05) is 12.4 Å². The summed E-state index contributed by atoms with van der Waals surface area (Å²) in [4.78, 5) is 0. The molecular weight excluding hydrogens is 330 g/mol. The van der Waals surface area contributed by atoms with E-state index in [1.54, 1.807) is 13.3 Å². The van der Waals surface area contributed by atoms with E-state index in [4.69, 9.17) is 17.0 Å². The van der Waals surface area contributed by atoms with E-state index in [-0.39, 0.29) is 0 Å². The highest BCUT2D eigenvalue weighted by Crippen LogP contribution is 2.26. The number of rotatable bonds is 4. The third-order valence-corrected chi connectivity index (χ3v) is 4.01. The summed E-state index contributed by atoms with van der Waals surface area (Å²) in [5.41, 5.74) is 5.87. The van der Waals surface area contributed by atoms with E-state index >= 15 is 0 Å². The van der Waals surface area contributed by atoms with E-state index < -0.39 is 0 Å². The molecule has 0 aliphatic carbocycles. The van der Waals surface area contributed by atoms with Gasteiger partial charge in [0.05, 0.1) is 13.3 Å². The minimum Gasteiger partial charge on any atom is -0.496 e. The molecule has 25 heavy (non-hydrogen) atoms. The molecule has 0 saturated heterocycles. The van der Waals surface area contributed by atoms with E-state index in [0.29, 0.717) is 5.11 Å². The van der Waals surface area contributed by atoms with E-state index in [1.165, 1.54) is 5.56 Å². The number of hydrazone groups is 1. The molecule has 0 unspecified atom stereocenters. The Bertz CT molecular complexity index is 920. The highest BCUT2D eigenvalue weighted by molar-refractivity contribution is 7.80. The number of nitrogens with one attached hydrogen (secondary N) is 2. The summed E-state index contributed by atoms with van der Waals surface area (Å²) >= 11 is 5.27. The molecule has 0 radical (unpaired) electrons. The van der Waals surface area contributed by atoms with E-state index in [0.717, 1.165) is 27.8 Å². The molecule has 0 fully saturated rings. The van der Waals surface area contributed by atoms with Crippen LogP contribution in [0.15, 0.2) is 65.8 Å². The monoisotopic (exact) mass is 349 g/mol. The molecule has 2 N–H and O–H groups in total. The first-order valence-electron chi connectivity index (χ1n) is 7.90. The van der Waals surface area contributed by atoms with E-state index in [2.05, 4.69) is 21.9 Å². The van der Waals surface area contributed by atoms with Gasteiger partial charge in [-0.25, -0.2) is 0 Å². The Morgan fingerprint density at radius 1 is 1.04 bits per heavy atom. The van der Waals surface area contributed by atoms with Gasteiger partial charge in [-0.05, 0) is 48.1 Å². The minimum atomic E-state index is 0.430. The molecule has 3 aromatic rings. The highest BCUT2D eigenvalue weighted by Gasteiger charge is 2.06. The van der Waals surface area contributed by atoms with Crippen LogP contribution in [0.25, 0.3) is 10.8 Å². The molecule has 0 heterocycles. The van der Waals surface area contributed by atoms with Crippen molar-refractivity contribution in [3.8, 4) is 5.75 Å². The molecule has 0 bridgehead atoms. The van der Waals surface area contributed by atoms with E-state index in [1.807, 2.05) is 61.5 Å². The van der Waals surface area contributed by atoms with Crippen LogP contribution in [0.1, 0.15) is 11.1 Å². The SMILES string of the molecule is COc1ccc2ccccc2c1/C=N/NC(=S)Nc1ccc(C)cc1. The maximum Gasteiger partial charge on any atom is 0.191 e. The summed E-state index contributed by atoms with van der Waals surface area (Å²) in [7, 11) is 1.65. The first-order chi connectivity index (χ1) is 12.2. The zero-order valence-corrected chi connectivity index (χ0v) is 14.9. The van der Waals surface area contributed by atoms with Crippen LogP contribution in [0.5, 0.6) is 5.75 Å². The van der Waals surface area contributed by atoms with Gasteiger partial charge in [0.25, 0.3) is 0 Å². The highest BCUT2D eigenvalue weighted by atomic mass is 32.1. The lowest BCUT2D eigenvalue weighted by Gasteiger charge is -2.09. The number of thiocarbonyl (C=S) groups is 1. The van der Waals surface area contributed by atoms with Gasteiger partial charge in [-0.3, -0.25) is 5.43 Å². The summed E-state index contributed by atoms with van der Waals surface area (Å²) in [6, 6.07) is 20.1. The topological polar surface area (TPSA) is 45.6 Å². The lowest BCUT2D eigenvalue weighted by molar-refractivity contribution is 0.415. The van der Waals surface area contributed by atoms with Gasteiger partial charge in [0.2, 0.25) is 0 Å². The van der Waals surface area contributed by atoms with Gasteiger partial charge in [0.1, 0.15) is 5.75 Å². The first kappa shape index (κ1) is 16.9. The Hall–Kier alpha value is -2.92. The van der Waals surface area contributed by atoms with E-state index in [9.17, 15) is 0 Å². The maximum atomic E-state index is 5.45. The number of anilines is 1. The molecule has 0 saturated carbocycles. The zero-order chi connectivity index (χ0) is 17.6. The minimum absolute atomic E-state index is 0.430. The first-order valence-corrected chi connectivity index (χ1v) is 8.30. The van der Waals surface area contributed by atoms with Crippen molar-refractivity contribution in [2.24, 2.45) is 5.10 Å². The Morgan fingerprint density at radius 2 is 1.80 bits per heavy atom. The van der Waals surface area contributed by atoms with Crippen molar-refractivity contribution >= 4 is 40.0 Å². The fourth-order valence-electron chi connectivity index (χ4n) is 2.54. The molecule has 0 aliphatic heterocycles. The van der Waals surface area contributed by atoms with Crippen LogP contribution in [0.3, 0.4) is 0 Å². The van der Waals surface area contributed by atoms with Crippen molar-refractivity contribution in [2.45, 2.75) is 6.92 Å². The zero-order valence-electron chi connectivity index (χ0n) is 14.1. The van der Waals surface area contributed by atoms with Crippen LogP contribution >= 0.6 is 12.2 Å². The average Bonchev–Trinajstić information content (AvgIpc) is 2.63. The van der Waals surface area contributed by atoms with Crippen molar-refractivity contribution in [1.82, 2.24) is 5.43 Å². The molecule has 4 nitrogen and oxygen atoms in total. The smallest absolute Gasteiger partial charge is 0.191 e. The third kappa shape index (κ3) is 4.14. The second-order valence-electron chi connectivity index (χ2n) is 5.59. The summed E-state index contributed by atoms with van der Waals surface area (Å²) in [6.45, 7) is 2.04. The van der Waals surface area contributed by atoms with Crippen LogP contribution in [-0.4, -0.2) is 18.4 Å². The Balaban J connectivity index is 1.74. The summed E-state index contributed by atoms with van der Waals surface area (Å²) in [5.74, 6) is 0.765. The molecule has 0 aliphatic rings. The van der Waals surface area contributed by atoms with Gasteiger partial charge < -0.3 is 10.1 Å². The van der Waals surface area contributed by atoms with Crippen molar-refractivity contribution in [3.63, 3.8) is 0 Å². The predicted molar refractivity (Wildman–Crippen MR) is 109 cm³/mol. The second-order valence-corrected chi connectivity index (χ2v) is 6.00. The van der Waals surface area contributed by atoms with Gasteiger partial charge in [-0.2, -0.15) is 5.10 Å². The lowest BCUT2D eigenvalue weighted by atomic mass is 10.0. The molecule has 3 rings (SSSR count). The van der Waals surface area contributed by atoms with Crippen molar-refractivity contribution < 1.29 is 4.74 Å². The van der Waals surface area contributed by atoms with Crippen molar-refractivity contribution in [3.05, 3.63) is 71.8 Å². The van der Waals surface area contributed by atoms with Crippen LogP contribution < -0.4 is 15.5 Å².